The summed E-state index contributed by atoms with van der Waals surface area (Å²) in [5.74, 6) is 0.133. The Bertz CT molecular complexity index is 600. The third-order valence-electron chi connectivity index (χ3n) is 3.39. The van der Waals surface area contributed by atoms with Crippen LogP contribution in [0.3, 0.4) is 0 Å². The molecular weight excluding hydrogens is 288 g/mol. The lowest BCUT2D eigenvalue weighted by Crippen LogP contribution is -2.30. The molecule has 0 radical (unpaired) electrons. The molecule has 0 saturated heterocycles. The lowest BCUT2D eigenvalue weighted by molar-refractivity contribution is 0.251. The maximum atomic E-state index is 12.3. The number of nitriles is 1. The monoisotopic (exact) mass is 310 g/mol. The van der Waals surface area contributed by atoms with Gasteiger partial charge in [0.2, 0.25) is 10.0 Å². The van der Waals surface area contributed by atoms with Gasteiger partial charge < -0.3 is 5.11 Å². The smallest absolute Gasteiger partial charge is 0.240 e. The number of rotatable bonds is 8. The minimum absolute atomic E-state index is 0.0578. The Hall–Kier alpha value is -1.42. The molecule has 2 N–H and O–H groups in total. The van der Waals surface area contributed by atoms with Crippen LogP contribution in [0.5, 0.6) is 0 Å². The molecule has 0 aliphatic carbocycles. The fourth-order valence-corrected chi connectivity index (χ4v) is 3.61. The summed E-state index contributed by atoms with van der Waals surface area (Å²) in [6, 6.07) is 6.50. The molecule has 0 bridgehead atoms. The van der Waals surface area contributed by atoms with E-state index in [-0.39, 0.29) is 17.4 Å². The molecule has 0 fully saturated rings. The average molecular weight is 310 g/mol. The molecule has 0 aliphatic rings. The summed E-state index contributed by atoms with van der Waals surface area (Å²) >= 11 is 0. The van der Waals surface area contributed by atoms with Crippen molar-refractivity contribution < 1.29 is 13.5 Å². The summed E-state index contributed by atoms with van der Waals surface area (Å²) in [4.78, 5) is 0.195. The van der Waals surface area contributed by atoms with Gasteiger partial charge in [-0.1, -0.05) is 13.3 Å². The normalized spacial score (nSPS) is 12.9. The Labute approximate surface area is 126 Å². The highest BCUT2D eigenvalue weighted by atomic mass is 32.2. The van der Waals surface area contributed by atoms with Crippen molar-refractivity contribution in [3.05, 3.63) is 29.3 Å². The third kappa shape index (κ3) is 5.12. The van der Waals surface area contributed by atoms with Crippen molar-refractivity contribution in [1.82, 2.24) is 4.72 Å². The van der Waals surface area contributed by atoms with Crippen LogP contribution in [0.1, 0.15) is 37.3 Å². The van der Waals surface area contributed by atoms with Gasteiger partial charge >= 0.3 is 0 Å². The number of aliphatic hydroxyl groups excluding tert-OH is 1. The quantitative estimate of drug-likeness (QED) is 0.768. The second kappa shape index (κ2) is 8.13. The van der Waals surface area contributed by atoms with Crippen LogP contribution in [0.4, 0.5) is 0 Å². The zero-order valence-electron chi connectivity index (χ0n) is 12.5. The van der Waals surface area contributed by atoms with E-state index in [1.54, 1.807) is 13.0 Å². The second-order valence-electron chi connectivity index (χ2n) is 5.11. The Morgan fingerprint density at radius 3 is 2.62 bits per heavy atom. The van der Waals surface area contributed by atoms with E-state index in [0.29, 0.717) is 24.1 Å². The van der Waals surface area contributed by atoms with E-state index < -0.39 is 10.0 Å². The Morgan fingerprint density at radius 1 is 1.38 bits per heavy atom. The topological polar surface area (TPSA) is 90.2 Å². The molecule has 1 atom stereocenters. The fourth-order valence-electron chi connectivity index (χ4n) is 2.27. The minimum Gasteiger partial charge on any atom is -0.396 e. The van der Waals surface area contributed by atoms with Crippen molar-refractivity contribution in [2.75, 3.05) is 13.2 Å². The summed E-state index contributed by atoms with van der Waals surface area (Å²) in [5, 5.41) is 17.8. The first-order valence-corrected chi connectivity index (χ1v) is 8.54. The molecular formula is C15H22N2O3S. The zero-order valence-corrected chi connectivity index (χ0v) is 13.3. The largest absolute Gasteiger partial charge is 0.396 e. The molecule has 0 aliphatic heterocycles. The molecule has 1 aromatic rings. The molecule has 1 rings (SSSR count). The highest BCUT2D eigenvalue weighted by Crippen LogP contribution is 2.17. The first kappa shape index (κ1) is 17.6. The van der Waals surface area contributed by atoms with E-state index in [1.165, 1.54) is 12.1 Å². The molecule has 116 valence electrons. The Kier molecular flexibility index (Phi) is 6.82. The summed E-state index contributed by atoms with van der Waals surface area (Å²) in [6.07, 6.45) is 2.40. The number of aryl methyl sites for hydroxylation is 1. The molecule has 6 heteroatoms. The first-order valence-electron chi connectivity index (χ1n) is 7.05. The Morgan fingerprint density at radius 2 is 2.10 bits per heavy atom. The van der Waals surface area contributed by atoms with Crippen molar-refractivity contribution >= 4 is 10.0 Å². The molecule has 0 amide bonds. The highest BCUT2D eigenvalue weighted by molar-refractivity contribution is 7.89. The molecule has 0 heterocycles. The van der Waals surface area contributed by atoms with Gasteiger partial charge in [-0.3, -0.25) is 0 Å². The van der Waals surface area contributed by atoms with Crippen LogP contribution in [-0.4, -0.2) is 26.7 Å². The van der Waals surface area contributed by atoms with Gasteiger partial charge in [0.25, 0.3) is 0 Å². The summed E-state index contributed by atoms with van der Waals surface area (Å²) in [7, 11) is -3.59. The van der Waals surface area contributed by atoms with Crippen LogP contribution in [0, 0.1) is 24.2 Å². The van der Waals surface area contributed by atoms with Gasteiger partial charge in [-0.25, -0.2) is 13.1 Å². The number of hydrogen-bond acceptors (Lipinski definition) is 4. The SMILES string of the molecule is CCCC(CCO)CNS(=O)(=O)c1ccc(C#N)cc1C. The summed E-state index contributed by atoms with van der Waals surface area (Å²) in [5.41, 5.74) is 0.992. The predicted octanol–water partition coefficient (Wildman–Crippen LogP) is 1.94. The fraction of sp³-hybridized carbons (Fsp3) is 0.533. The molecule has 0 aromatic heterocycles. The van der Waals surface area contributed by atoms with Crippen LogP contribution in [0.25, 0.3) is 0 Å². The number of nitrogens with one attached hydrogen (secondary N) is 1. The van der Waals surface area contributed by atoms with E-state index in [9.17, 15) is 8.42 Å². The van der Waals surface area contributed by atoms with Gasteiger partial charge in [-0.2, -0.15) is 5.26 Å². The van der Waals surface area contributed by atoms with Crippen LogP contribution < -0.4 is 4.72 Å². The number of nitrogens with zero attached hydrogens (tertiary/aromatic N) is 1. The molecule has 0 saturated carbocycles. The molecule has 5 nitrogen and oxygen atoms in total. The van der Waals surface area contributed by atoms with Crippen molar-refractivity contribution in [2.45, 2.75) is 38.0 Å². The van der Waals surface area contributed by atoms with Gasteiger partial charge in [0.1, 0.15) is 0 Å². The van der Waals surface area contributed by atoms with E-state index in [1.807, 2.05) is 13.0 Å². The van der Waals surface area contributed by atoms with E-state index in [2.05, 4.69) is 4.72 Å². The van der Waals surface area contributed by atoms with E-state index in [4.69, 9.17) is 10.4 Å². The summed E-state index contributed by atoms with van der Waals surface area (Å²) < 4.78 is 27.2. The third-order valence-corrected chi connectivity index (χ3v) is 4.97. The van der Waals surface area contributed by atoms with Gasteiger partial charge in [-0.15, -0.1) is 0 Å². The number of benzene rings is 1. The van der Waals surface area contributed by atoms with Crippen LogP contribution in [0.15, 0.2) is 23.1 Å². The van der Waals surface area contributed by atoms with Crippen molar-refractivity contribution in [2.24, 2.45) is 5.92 Å². The first-order chi connectivity index (χ1) is 9.94. The molecule has 1 aromatic carbocycles. The van der Waals surface area contributed by atoms with Crippen LogP contribution >= 0.6 is 0 Å². The number of hydrogen-bond donors (Lipinski definition) is 2. The molecule has 21 heavy (non-hydrogen) atoms. The predicted molar refractivity (Wildman–Crippen MR) is 81.2 cm³/mol. The van der Waals surface area contributed by atoms with E-state index in [0.717, 1.165) is 12.8 Å². The van der Waals surface area contributed by atoms with Crippen molar-refractivity contribution in [3.63, 3.8) is 0 Å². The van der Waals surface area contributed by atoms with Gasteiger partial charge in [0, 0.05) is 13.2 Å². The lowest BCUT2D eigenvalue weighted by Gasteiger charge is -2.16. The number of aliphatic hydroxyl groups is 1. The highest BCUT2D eigenvalue weighted by Gasteiger charge is 2.18. The molecule has 0 spiro atoms. The van der Waals surface area contributed by atoms with Gasteiger partial charge in [0.15, 0.2) is 0 Å². The second-order valence-corrected chi connectivity index (χ2v) is 6.85. The Balaban J connectivity index is 2.84. The van der Waals surface area contributed by atoms with Gasteiger partial charge in [0.05, 0.1) is 16.5 Å². The maximum absolute atomic E-state index is 12.3. The minimum atomic E-state index is -3.59. The number of sulfonamides is 1. The zero-order chi connectivity index (χ0) is 15.9. The lowest BCUT2D eigenvalue weighted by atomic mass is 10.0. The van der Waals surface area contributed by atoms with Crippen LogP contribution in [0.2, 0.25) is 0 Å². The van der Waals surface area contributed by atoms with Crippen molar-refractivity contribution in [3.8, 4) is 6.07 Å². The van der Waals surface area contributed by atoms with E-state index >= 15 is 0 Å². The average Bonchev–Trinajstić information content (AvgIpc) is 2.45. The standard InChI is InChI=1S/C15H22N2O3S/c1-3-4-13(7-8-18)11-17-21(19,20)15-6-5-14(10-16)9-12(15)2/h5-6,9,13,17-18H,3-4,7-8,11H2,1-2H3. The van der Waals surface area contributed by atoms with Gasteiger partial charge in [-0.05, 0) is 49.4 Å². The van der Waals surface area contributed by atoms with Crippen LogP contribution in [-0.2, 0) is 10.0 Å². The summed E-state index contributed by atoms with van der Waals surface area (Å²) in [6.45, 7) is 4.08. The molecule has 1 unspecified atom stereocenters. The maximum Gasteiger partial charge on any atom is 0.240 e. The van der Waals surface area contributed by atoms with Crippen molar-refractivity contribution in [1.29, 1.82) is 5.26 Å².